The zero-order chi connectivity index (χ0) is 22.8. The maximum atomic E-state index is 13.1. The molecule has 1 fully saturated rings. The SMILES string of the molecule is COc1ccc(C2(C(=O)Nc3cccc(-c4ccc(CCS(C)(=O)=O)cc4)c3)CC2)cc1. The Kier molecular flexibility index (Phi) is 6.07. The van der Waals surface area contributed by atoms with Crippen LogP contribution in [0.5, 0.6) is 5.75 Å². The first kappa shape index (κ1) is 22.1. The quantitative estimate of drug-likeness (QED) is 0.545. The van der Waals surface area contributed by atoms with Gasteiger partial charge < -0.3 is 10.1 Å². The molecule has 5 nitrogen and oxygen atoms in total. The lowest BCUT2D eigenvalue weighted by Crippen LogP contribution is -2.27. The number of aryl methyl sites for hydroxylation is 1. The Morgan fingerprint density at radius 1 is 0.969 bits per heavy atom. The summed E-state index contributed by atoms with van der Waals surface area (Å²) in [6.07, 6.45) is 3.42. The van der Waals surface area contributed by atoms with Gasteiger partial charge in [0.2, 0.25) is 5.91 Å². The Balaban J connectivity index is 1.46. The summed E-state index contributed by atoms with van der Waals surface area (Å²) < 4.78 is 28.0. The number of amides is 1. The molecule has 0 unspecified atom stereocenters. The van der Waals surface area contributed by atoms with Gasteiger partial charge in [-0.3, -0.25) is 4.79 Å². The molecular weight excluding hydrogens is 422 g/mol. The van der Waals surface area contributed by atoms with Crippen molar-refractivity contribution in [2.45, 2.75) is 24.7 Å². The third-order valence-corrected chi connectivity index (χ3v) is 6.94. The van der Waals surface area contributed by atoms with Crippen LogP contribution in [0.3, 0.4) is 0 Å². The molecule has 0 spiro atoms. The molecule has 6 heteroatoms. The molecular formula is C26H27NO4S. The van der Waals surface area contributed by atoms with Gasteiger partial charge in [-0.05, 0) is 65.8 Å². The van der Waals surface area contributed by atoms with Crippen LogP contribution in [0.4, 0.5) is 5.69 Å². The summed E-state index contributed by atoms with van der Waals surface area (Å²) >= 11 is 0. The van der Waals surface area contributed by atoms with Gasteiger partial charge in [-0.2, -0.15) is 0 Å². The molecule has 0 heterocycles. The van der Waals surface area contributed by atoms with Gasteiger partial charge in [0.1, 0.15) is 15.6 Å². The van der Waals surface area contributed by atoms with Crippen molar-refractivity contribution >= 4 is 21.4 Å². The van der Waals surface area contributed by atoms with E-state index in [2.05, 4.69) is 5.32 Å². The lowest BCUT2D eigenvalue weighted by atomic mass is 9.94. The summed E-state index contributed by atoms with van der Waals surface area (Å²) in [5.74, 6) is 0.931. The van der Waals surface area contributed by atoms with E-state index in [1.165, 1.54) is 6.26 Å². The normalized spacial score (nSPS) is 14.6. The fraction of sp³-hybridized carbons (Fsp3) is 0.269. The van der Waals surface area contributed by atoms with E-state index in [9.17, 15) is 13.2 Å². The van der Waals surface area contributed by atoms with Gasteiger partial charge in [0, 0.05) is 11.9 Å². The Morgan fingerprint density at radius 2 is 1.66 bits per heavy atom. The molecule has 0 aromatic heterocycles. The fourth-order valence-corrected chi connectivity index (χ4v) is 4.48. The molecule has 3 aromatic rings. The van der Waals surface area contributed by atoms with Crippen LogP contribution in [0, 0.1) is 0 Å². The highest BCUT2D eigenvalue weighted by Gasteiger charge is 2.51. The lowest BCUT2D eigenvalue weighted by molar-refractivity contribution is -0.118. The second-order valence-electron chi connectivity index (χ2n) is 8.42. The molecule has 32 heavy (non-hydrogen) atoms. The van der Waals surface area contributed by atoms with Crippen molar-refractivity contribution in [2.24, 2.45) is 0 Å². The summed E-state index contributed by atoms with van der Waals surface area (Å²) in [6.45, 7) is 0. The molecule has 0 aliphatic heterocycles. The van der Waals surface area contributed by atoms with E-state index in [-0.39, 0.29) is 11.7 Å². The summed E-state index contributed by atoms with van der Waals surface area (Å²) in [5.41, 5.74) is 4.29. The van der Waals surface area contributed by atoms with Gasteiger partial charge in [-0.15, -0.1) is 0 Å². The van der Waals surface area contributed by atoms with E-state index in [0.29, 0.717) is 6.42 Å². The van der Waals surface area contributed by atoms with Gasteiger partial charge in [-0.25, -0.2) is 8.42 Å². The number of carbonyl (C=O) groups excluding carboxylic acids is 1. The molecule has 1 aliphatic rings. The zero-order valence-electron chi connectivity index (χ0n) is 18.3. The molecule has 1 aliphatic carbocycles. The van der Waals surface area contributed by atoms with Crippen molar-refractivity contribution < 1.29 is 17.9 Å². The summed E-state index contributed by atoms with van der Waals surface area (Å²) in [6, 6.07) is 23.4. The topological polar surface area (TPSA) is 72.5 Å². The molecule has 3 aromatic carbocycles. The smallest absolute Gasteiger partial charge is 0.235 e. The molecule has 1 saturated carbocycles. The first-order chi connectivity index (χ1) is 15.3. The maximum absolute atomic E-state index is 13.1. The second-order valence-corrected chi connectivity index (χ2v) is 10.7. The average Bonchev–Trinajstić information content (AvgIpc) is 3.60. The van der Waals surface area contributed by atoms with E-state index >= 15 is 0 Å². The van der Waals surface area contributed by atoms with Gasteiger partial charge in [0.05, 0.1) is 18.3 Å². The molecule has 0 atom stereocenters. The molecule has 4 rings (SSSR count). The number of hydrogen-bond acceptors (Lipinski definition) is 4. The molecule has 0 saturated heterocycles. The number of carbonyl (C=O) groups is 1. The summed E-state index contributed by atoms with van der Waals surface area (Å²) in [7, 11) is -1.35. The summed E-state index contributed by atoms with van der Waals surface area (Å²) in [4.78, 5) is 13.1. The van der Waals surface area contributed by atoms with Gasteiger partial charge in [0.15, 0.2) is 0 Å². The monoisotopic (exact) mass is 449 g/mol. The second kappa shape index (κ2) is 8.79. The van der Waals surface area contributed by atoms with Crippen molar-refractivity contribution in [1.29, 1.82) is 0 Å². The zero-order valence-corrected chi connectivity index (χ0v) is 19.1. The van der Waals surface area contributed by atoms with E-state index in [0.717, 1.165) is 46.5 Å². The van der Waals surface area contributed by atoms with Crippen LogP contribution in [0.1, 0.15) is 24.0 Å². The maximum Gasteiger partial charge on any atom is 0.235 e. The Hall–Kier alpha value is -3.12. The molecule has 1 N–H and O–H groups in total. The third-order valence-electron chi connectivity index (χ3n) is 6.00. The number of sulfone groups is 1. The fourth-order valence-electron chi connectivity index (χ4n) is 3.88. The molecule has 0 bridgehead atoms. The van der Waals surface area contributed by atoms with E-state index in [4.69, 9.17) is 4.74 Å². The minimum Gasteiger partial charge on any atom is -0.497 e. The van der Waals surface area contributed by atoms with Crippen LogP contribution in [0.2, 0.25) is 0 Å². The molecule has 166 valence electrons. The minimum atomic E-state index is -2.98. The molecule has 1 amide bonds. The number of hydrogen-bond donors (Lipinski definition) is 1. The lowest BCUT2D eigenvalue weighted by Gasteiger charge is -2.17. The number of anilines is 1. The van der Waals surface area contributed by atoms with Crippen molar-refractivity contribution in [2.75, 3.05) is 24.4 Å². The first-order valence-electron chi connectivity index (χ1n) is 10.6. The first-order valence-corrected chi connectivity index (χ1v) is 12.7. The van der Waals surface area contributed by atoms with Crippen LogP contribution in [-0.2, 0) is 26.5 Å². The van der Waals surface area contributed by atoms with Crippen molar-refractivity contribution in [3.63, 3.8) is 0 Å². The number of nitrogens with one attached hydrogen (secondary N) is 1. The standard InChI is InChI=1S/C26H27NO4S/c1-31-24-12-10-22(11-13-24)26(15-16-26)25(28)27-23-5-3-4-21(18-23)20-8-6-19(7-9-20)14-17-32(2,29)30/h3-13,18H,14-17H2,1-2H3,(H,27,28). The Bertz CT molecular complexity index is 1210. The van der Waals surface area contributed by atoms with Crippen LogP contribution in [0.25, 0.3) is 11.1 Å². The van der Waals surface area contributed by atoms with Crippen LogP contribution in [-0.4, -0.2) is 33.4 Å². The highest BCUT2D eigenvalue weighted by molar-refractivity contribution is 7.90. The predicted octanol–water partition coefficient (Wildman–Crippen LogP) is 4.62. The highest BCUT2D eigenvalue weighted by atomic mass is 32.2. The van der Waals surface area contributed by atoms with E-state index in [1.54, 1.807) is 7.11 Å². The van der Waals surface area contributed by atoms with E-state index in [1.807, 2.05) is 72.8 Å². The van der Waals surface area contributed by atoms with Crippen molar-refractivity contribution in [1.82, 2.24) is 0 Å². The number of rotatable bonds is 8. The number of benzene rings is 3. The van der Waals surface area contributed by atoms with Crippen molar-refractivity contribution in [3.8, 4) is 16.9 Å². The Labute approximate surface area is 189 Å². The van der Waals surface area contributed by atoms with Crippen molar-refractivity contribution in [3.05, 3.63) is 83.9 Å². The largest absolute Gasteiger partial charge is 0.497 e. The average molecular weight is 450 g/mol. The van der Waals surface area contributed by atoms with Gasteiger partial charge in [0.25, 0.3) is 0 Å². The Morgan fingerprint density at radius 3 is 2.25 bits per heavy atom. The number of methoxy groups -OCH3 is 1. The summed E-state index contributed by atoms with van der Waals surface area (Å²) in [5, 5.41) is 3.09. The third kappa shape index (κ3) is 5.02. The van der Waals surface area contributed by atoms with E-state index < -0.39 is 15.3 Å². The highest BCUT2D eigenvalue weighted by Crippen LogP contribution is 2.49. The van der Waals surface area contributed by atoms with Gasteiger partial charge >= 0.3 is 0 Å². The number of ether oxygens (including phenoxy) is 1. The van der Waals surface area contributed by atoms with Crippen LogP contribution in [0.15, 0.2) is 72.8 Å². The minimum absolute atomic E-state index is 0.0101. The molecule has 0 radical (unpaired) electrons. The van der Waals surface area contributed by atoms with Gasteiger partial charge in [-0.1, -0.05) is 48.5 Å². The predicted molar refractivity (Wildman–Crippen MR) is 128 cm³/mol. The van der Waals surface area contributed by atoms with Crippen LogP contribution < -0.4 is 10.1 Å². The van der Waals surface area contributed by atoms with Crippen LogP contribution >= 0.6 is 0 Å².